The molecule has 2 unspecified atom stereocenters. The van der Waals surface area contributed by atoms with E-state index in [1.54, 1.807) is 0 Å². The van der Waals surface area contributed by atoms with E-state index in [1.165, 1.54) is 193 Å². The Kier molecular flexibility index (Phi) is 47.1. The average Bonchev–Trinajstić information content (AvgIpc) is 3.27. The predicted octanol–water partition coefficient (Wildman–Crippen LogP) is 18.3. The highest BCUT2D eigenvalue weighted by Gasteiger charge is 2.19. The van der Waals surface area contributed by atoms with Gasteiger partial charge in [-0.05, 0) is 37.0 Å². The minimum absolute atomic E-state index is 0.0650. The fraction of sp³-hybridized carbons (Fsp3) is 0.947. The van der Waals surface area contributed by atoms with Gasteiger partial charge in [-0.15, -0.1) is 0 Å². The molecule has 0 aliphatic rings. The molecule has 63 heavy (non-hydrogen) atoms. The molecule has 0 aromatic rings. The van der Waals surface area contributed by atoms with Gasteiger partial charge >= 0.3 is 17.9 Å². The normalized spacial score (nSPS) is 13.0. The maximum atomic E-state index is 12.8. The number of carbonyl (C=O) groups excluding carboxylic acids is 3. The summed E-state index contributed by atoms with van der Waals surface area (Å²) in [5.41, 5.74) is 0. The number of ether oxygens (including phenoxy) is 3. The zero-order valence-corrected chi connectivity index (χ0v) is 43.4. The van der Waals surface area contributed by atoms with Crippen LogP contribution in [-0.4, -0.2) is 37.2 Å². The van der Waals surface area contributed by atoms with Crippen molar-refractivity contribution in [2.24, 2.45) is 17.8 Å². The molecule has 0 rings (SSSR count). The summed E-state index contributed by atoms with van der Waals surface area (Å²) in [6.07, 6.45) is 49.6. The van der Waals surface area contributed by atoms with Crippen molar-refractivity contribution in [2.45, 2.75) is 317 Å². The van der Waals surface area contributed by atoms with Crippen molar-refractivity contribution in [3.63, 3.8) is 0 Å². The smallest absolute Gasteiger partial charge is 0.306 e. The zero-order valence-electron chi connectivity index (χ0n) is 43.4. The maximum absolute atomic E-state index is 12.8. The van der Waals surface area contributed by atoms with Crippen LogP contribution in [0.4, 0.5) is 0 Å². The topological polar surface area (TPSA) is 78.9 Å². The number of hydrogen-bond donors (Lipinski definition) is 0. The van der Waals surface area contributed by atoms with Crippen LogP contribution in [-0.2, 0) is 28.6 Å². The van der Waals surface area contributed by atoms with E-state index in [4.69, 9.17) is 14.2 Å². The first kappa shape index (κ1) is 61.4. The van der Waals surface area contributed by atoms with Gasteiger partial charge in [0.15, 0.2) is 6.10 Å². The van der Waals surface area contributed by atoms with Crippen LogP contribution in [0.2, 0.25) is 0 Å². The third-order valence-electron chi connectivity index (χ3n) is 13.6. The Morgan fingerprint density at radius 2 is 0.556 bits per heavy atom. The van der Waals surface area contributed by atoms with Crippen LogP contribution in [0.5, 0.6) is 0 Å². The van der Waals surface area contributed by atoms with Gasteiger partial charge in [-0.25, -0.2) is 0 Å². The maximum Gasteiger partial charge on any atom is 0.306 e. The monoisotopic (exact) mass is 891 g/mol. The Balaban J connectivity index is 4.18. The van der Waals surface area contributed by atoms with Crippen LogP contribution in [0.1, 0.15) is 311 Å². The molecular weight excluding hydrogens is 781 g/mol. The second kappa shape index (κ2) is 48.3. The molecule has 0 heterocycles. The first-order valence-electron chi connectivity index (χ1n) is 28.2. The molecule has 0 saturated heterocycles. The van der Waals surface area contributed by atoms with Gasteiger partial charge in [0.05, 0.1) is 0 Å². The fourth-order valence-corrected chi connectivity index (χ4v) is 8.58. The standard InChI is InChI=1S/C57H110O6/c1-7-52(5)44-38-32-26-22-17-15-13-11-9-10-12-14-16-18-23-27-34-40-46-55(58)61-49-54(63-57(60)48-42-36-30-29-33-39-45-53(6)8-2)50-62-56(59)47-41-35-28-24-20-19-21-25-31-37-43-51(3)4/h51-54H,7-50H2,1-6H3/t52?,53?,54-/m0/s1. The lowest BCUT2D eigenvalue weighted by Gasteiger charge is -2.18. The molecule has 0 amide bonds. The largest absolute Gasteiger partial charge is 0.462 e. The van der Waals surface area contributed by atoms with E-state index in [1.807, 2.05) is 0 Å². The summed E-state index contributed by atoms with van der Waals surface area (Å²) in [6, 6.07) is 0. The van der Waals surface area contributed by atoms with E-state index in [9.17, 15) is 14.4 Å². The molecule has 0 aliphatic carbocycles. The molecule has 3 atom stereocenters. The molecule has 0 radical (unpaired) electrons. The third kappa shape index (κ3) is 48.2. The molecule has 0 N–H and O–H groups in total. The lowest BCUT2D eigenvalue weighted by molar-refractivity contribution is -0.167. The minimum Gasteiger partial charge on any atom is -0.462 e. The van der Waals surface area contributed by atoms with Crippen LogP contribution in [0.25, 0.3) is 0 Å². The van der Waals surface area contributed by atoms with Gasteiger partial charge in [-0.3, -0.25) is 14.4 Å². The lowest BCUT2D eigenvalue weighted by atomic mass is 9.99. The number of unbranched alkanes of at least 4 members (excludes halogenated alkanes) is 31. The van der Waals surface area contributed by atoms with E-state index in [2.05, 4.69) is 41.5 Å². The van der Waals surface area contributed by atoms with Crippen LogP contribution in [0, 0.1) is 17.8 Å². The van der Waals surface area contributed by atoms with Crippen LogP contribution in [0.3, 0.4) is 0 Å². The van der Waals surface area contributed by atoms with Crippen molar-refractivity contribution in [3.8, 4) is 0 Å². The minimum atomic E-state index is -0.764. The Bertz CT molecular complexity index is 980. The van der Waals surface area contributed by atoms with E-state index in [0.717, 1.165) is 75.5 Å². The molecule has 0 aromatic heterocycles. The Hall–Kier alpha value is -1.59. The molecular formula is C57H110O6. The molecule has 6 heteroatoms. The van der Waals surface area contributed by atoms with Crippen molar-refractivity contribution >= 4 is 17.9 Å². The number of carbonyl (C=O) groups is 3. The summed E-state index contributed by atoms with van der Waals surface area (Å²) in [5.74, 6) is 1.69. The molecule has 0 saturated carbocycles. The summed E-state index contributed by atoms with van der Waals surface area (Å²) < 4.78 is 16.8. The Morgan fingerprint density at radius 3 is 0.825 bits per heavy atom. The molecule has 6 nitrogen and oxygen atoms in total. The molecule has 0 spiro atoms. The molecule has 374 valence electrons. The van der Waals surface area contributed by atoms with Crippen LogP contribution < -0.4 is 0 Å². The molecule has 0 aromatic carbocycles. The van der Waals surface area contributed by atoms with Crippen molar-refractivity contribution in [1.29, 1.82) is 0 Å². The van der Waals surface area contributed by atoms with Gasteiger partial charge in [0.2, 0.25) is 0 Å². The van der Waals surface area contributed by atoms with Crippen molar-refractivity contribution in [3.05, 3.63) is 0 Å². The van der Waals surface area contributed by atoms with Crippen molar-refractivity contribution in [1.82, 2.24) is 0 Å². The van der Waals surface area contributed by atoms with E-state index < -0.39 is 6.10 Å². The van der Waals surface area contributed by atoms with E-state index in [-0.39, 0.29) is 31.1 Å². The predicted molar refractivity (Wildman–Crippen MR) is 270 cm³/mol. The second-order valence-electron chi connectivity index (χ2n) is 20.5. The Morgan fingerprint density at radius 1 is 0.317 bits per heavy atom. The summed E-state index contributed by atoms with van der Waals surface area (Å²) in [7, 11) is 0. The second-order valence-corrected chi connectivity index (χ2v) is 20.5. The average molecular weight is 892 g/mol. The molecule has 0 aliphatic heterocycles. The highest BCUT2D eigenvalue weighted by atomic mass is 16.6. The van der Waals surface area contributed by atoms with Crippen LogP contribution >= 0.6 is 0 Å². The van der Waals surface area contributed by atoms with Gasteiger partial charge in [-0.2, -0.15) is 0 Å². The SMILES string of the molecule is CCC(C)CCCCCCCCCCCCCCCCCCCCC(=O)OC[C@@H](COC(=O)CCCCCCCCCCCCC(C)C)OC(=O)CCCCCCCCC(C)CC. The summed E-state index contributed by atoms with van der Waals surface area (Å²) in [4.78, 5) is 38.0. The highest BCUT2D eigenvalue weighted by molar-refractivity contribution is 5.71. The fourth-order valence-electron chi connectivity index (χ4n) is 8.58. The van der Waals surface area contributed by atoms with Gasteiger partial charge in [0.25, 0.3) is 0 Å². The van der Waals surface area contributed by atoms with Gasteiger partial charge in [0, 0.05) is 19.3 Å². The van der Waals surface area contributed by atoms with Crippen LogP contribution in [0.15, 0.2) is 0 Å². The van der Waals surface area contributed by atoms with E-state index in [0.29, 0.717) is 19.3 Å². The number of esters is 3. The molecule has 0 fully saturated rings. The highest BCUT2D eigenvalue weighted by Crippen LogP contribution is 2.19. The lowest BCUT2D eigenvalue weighted by Crippen LogP contribution is -2.30. The van der Waals surface area contributed by atoms with Gasteiger partial charge < -0.3 is 14.2 Å². The van der Waals surface area contributed by atoms with Crippen molar-refractivity contribution in [2.75, 3.05) is 13.2 Å². The first-order chi connectivity index (χ1) is 30.7. The molecule has 0 bridgehead atoms. The first-order valence-corrected chi connectivity index (χ1v) is 28.2. The third-order valence-corrected chi connectivity index (χ3v) is 13.6. The summed E-state index contributed by atoms with van der Waals surface area (Å²) in [6.45, 7) is 13.7. The number of rotatable bonds is 50. The zero-order chi connectivity index (χ0) is 46.3. The van der Waals surface area contributed by atoms with Gasteiger partial charge in [-0.1, -0.05) is 273 Å². The quantitative estimate of drug-likeness (QED) is 0.0344. The summed E-state index contributed by atoms with van der Waals surface area (Å²) in [5, 5.41) is 0. The van der Waals surface area contributed by atoms with Gasteiger partial charge in [0.1, 0.15) is 13.2 Å². The number of hydrogen-bond acceptors (Lipinski definition) is 6. The van der Waals surface area contributed by atoms with E-state index >= 15 is 0 Å². The van der Waals surface area contributed by atoms with Crippen molar-refractivity contribution < 1.29 is 28.6 Å². The Labute approximate surface area is 393 Å². The summed E-state index contributed by atoms with van der Waals surface area (Å²) >= 11 is 0.